The Hall–Kier alpha value is -2.05. The molecular weight excluding hydrogens is 330 g/mol. The van der Waals surface area contributed by atoms with E-state index in [2.05, 4.69) is 10.2 Å². The lowest BCUT2D eigenvalue weighted by molar-refractivity contribution is -0.0163. The number of carbonyl (C=O) groups is 1. The highest BCUT2D eigenvalue weighted by atomic mass is 35.5. The monoisotopic (exact) mass is 349 g/mol. The second kappa shape index (κ2) is 7.23. The highest BCUT2D eigenvalue weighted by Crippen LogP contribution is 2.25. The van der Waals surface area contributed by atoms with Gasteiger partial charge < -0.3 is 14.7 Å². The van der Waals surface area contributed by atoms with Crippen LogP contribution in [0.4, 0.5) is 0 Å². The number of benzene rings is 1. The highest BCUT2D eigenvalue weighted by Gasteiger charge is 2.32. The summed E-state index contributed by atoms with van der Waals surface area (Å²) in [6.07, 6.45) is 3.32. The summed E-state index contributed by atoms with van der Waals surface area (Å²) in [5.41, 5.74) is -0.485. The first-order valence-corrected chi connectivity index (χ1v) is 8.33. The highest BCUT2D eigenvalue weighted by molar-refractivity contribution is 6.30. The topological polar surface area (TPSA) is 78.5 Å². The predicted octanol–water partition coefficient (Wildman–Crippen LogP) is 2.50. The standard InChI is InChI=1S/C17H20ClN3O3/c18-13-3-1-4-14(11-13)24-12-17(23)6-2-9-21(10-7-17)16(22)15-5-8-19-20-15/h1,3-5,8,11,23H,2,6-7,9-10,12H2,(H,19,20). The van der Waals surface area contributed by atoms with Crippen molar-refractivity contribution in [2.24, 2.45) is 0 Å². The first-order valence-electron chi connectivity index (χ1n) is 7.95. The zero-order valence-electron chi connectivity index (χ0n) is 13.2. The summed E-state index contributed by atoms with van der Waals surface area (Å²) in [6.45, 7) is 1.27. The number of amides is 1. The minimum absolute atomic E-state index is 0.0903. The SMILES string of the molecule is O=C(c1ccn[nH]1)N1CCCC(O)(COc2cccc(Cl)c2)CC1. The van der Waals surface area contributed by atoms with Gasteiger partial charge in [-0.05, 0) is 43.5 Å². The van der Waals surface area contributed by atoms with Gasteiger partial charge in [-0.25, -0.2) is 0 Å². The Morgan fingerprint density at radius 3 is 3.00 bits per heavy atom. The molecule has 1 aliphatic rings. The number of aliphatic hydroxyl groups is 1. The lowest BCUT2D eigenvalue weighted by Gasteiger charge is -2.27. The number of aromatic nitrogens is 2. The summed E-state index contributed by atoms with van der Waals surface area (Å²) in [6, 6.07) is 8.75. The zero-order chi connectivity index (χ0) is 17.0. The van der Waals surface area contributed by atoms with E-state index in [0.717, 1.165) is 6.42 Å². The molecule has 0 spiro atoms. The van der Waals surface area contributed by atoms with Crippen LogP contribution in [-0.4, -0.2) is 51.4 Å². The lowest BCUT2D eigenvalue weighted by atomic mass is 9.96. The minimum atomic E-state index is -0.953. The van der Waals surface area contributed by atoms with Crippen LogP contribution >= 0.6 is 11.6 Å². The number of carbonyl (C=O) groups excluding carboxylic acids is 1. The van der Waals surface area contributed by atoms with Crippen molar-refractivity contribution in [2.75, 3.05) is 19.7 Å². The van der Waals surface area contributed by atoms with Crippen molar-refractivity contribution >= 4 is 17.5 Å². The molecule has 0 aliphatic carbocycles. The number of nitrogens with zero attached hydrogens (tertiary/aromatic N) is 2. The molecule has 24 heavy (non-hydrogen) atoms. The van der Waals surface area contributed by atoms with Gasteiger partial charge in [-0.1, -0.05) is 17.7 Å². The fraction of sp³-hybridized carbons (Fsp3) is 0.412. The number of hydrogen-bond donors (Lipinski definition) is 2. The summed E-state index contributed by atoms with van der Waals surface area (Å²) in [7, 11) is 0. The van der Waals surface area contributed by atoms with E-state index in [1.54, 1.807) is 41.4 Å². The molecule has 128 valence electrons. The van der Waals surface area contributed by atoms with Gasteiger partial charge >= 0.3 is 0 Å². The van der Waals surface area contributed by atoms with Crippen molar-refractivity contribution in [1.82, 2.24) is 15.1 Å². The van der Waals surface area contributed by atoms with Crippen LogP contribution in [-0.2, 0) is 0 Å². The van der Waals surface area contributed by atoms with Gasteiger partial charge in [0.1, 0.15) is 23.7 Å². The van der Waals surface area contributed by atoms with Gasteiger partial charge in [-0.15, -0.1) is 0 Å². The van der Waals surface area contributed by atoms with Crippen LogP contribution in [0.5, 0.6) is 5.75 Å². The number of ether oxygens (including phenoxy) is 1. The van der Waals surface area contributed by atoms with Crippen LogP contribution in [0.25, 0.3) is 0 Å². The number of aromatic amines is 1. The summed E-state index contributed by atoms with van der Waals surface area (Å²) in [5, 5.41) is 17.9. The molecule has 0 bridgehead atoms. The van der Waals surface area contributed by atoms with Crippen LogP contribution in [0.2, 0.25) is 5.02 Å². The first kappa shape index (κ1) is 16.8. The first-order chi connectivity index (χ1) is 11.6. The van der Waals surface area contributed by atoms with Gasteiger partial charge in [0.2, 0.25) is 0 Å². The molecule has 3 rings (SSSR count). The van der Waals surface area contributed by atoms with E-state index < -0.39 is 5.60 Å². The average molecular weight is 350 g/mol. The van der Waals surface area contributed by atoms with Crippen LogP contribution in [0.1, 0.15) is 29.8 Å². The quantitative estimate of drug-likeness (QED) is 0.889. The van der Waals surface area contributed by atoms with Crippen LogP contribution in [0, 0.1) is 0 Å². The molecule has 1 atom stereocenters. The molecule has 6 nitrogen and oxygen atoms in total. The normalized spacial score (nSPS) is 21.3. The summed E-state index contributed by atoms with van der Waals surface area (Å²) in [4.78, 5) is 14.1. The summed E-state index contributed by atoms with van der Waals surface area (Å²) >= 11 is 5.94. The Morgan fingerprint density at radius 1 is 1.38 bits per heavy atom. The van der Waals surface area contributed by atoms with Crippen LogP contribution < -0.4 is 4.74 Å². The summed E-state index contributed by atoms with van der Waals surface area (Å²) in [5.74, 6) is 0.540. The smallest absolute Gasteiger partial charge is 0.271 e. The molecule has 1 fully saturated rings. The molecule has 1 aromatic heterocycles. The number of rotatable bonds is 4. The number of nitrogens with one attached hydrogen (secondary N) is 1. The Labute approximate surface area is 145 Å². The largest absolute Gasteiger partial charge is 0.491 e. The average Bonchev–Trinajstić information content (AvgIpc) is 3.03. The molecule has 2 aromatic rings. The number of likely N-dealkylation sites (tertiary alicyclic amines) is 1. The Balaban J connectivity index is 1.58. The predicted molar refractivity (Wildman–Crippen MR) is 90.2 cm³/mol. The van der Waals surface area contributed by atoms with Crippen molar-refractivity contribution in [1.29, 1.82) is 0 Å². The van der Waals surface area contributed by atoms with E-state index in [-0.39, 0.29) is 12.5 Å². The fourth-order valence-corrected chi connectivity index (χ4v) is 3.03. The van der Waals surface area contributed by atoms with Crippen molar-refractivity contribution in [3.8, 4) is 5.75 Å². The van der Waals surface area contributed by atoms with Crippen molar-refractivity contribution in [3.63, 3.8) is 0 Å². The molecule has 1 aliphatic heterocycles. The third-order valence-electron chi connectivity index (χ3n) is 4.24. The van der Waals surface area contributed by atoms with E-state index in [1.165, 1.54) is 0 Å². The van der Waals surface area contributed by atoms with E-state index in [0.29, 0.717) is 42.4 Å². The maximum Gasteiger partial charge on any atom is 0.271 e. The van der Waals surface area contributed by atoms with Gasteiger partial charge in [-0.2, -0.15) is 5.10 Å². The molecule has 0 saturated carbocycles. The zero-order valence-corrected chi connectivity index (χ0v) is 14.0. The third-order valence-corrected chi connectivity index (χ3v) is 4.47. The van der Waals surface area contributed by atoms with Crippen molar-refractivity contribution < 1.29 is 14.6 Å². The summed E-state index contributed by atoms with van der Waals surface area (Å²) < 4.78 is 5.70. The van der Waals surface area contributed by atoms with E-state index >= 15 is 0 Å². The Bertz CT molecular complexity index is 692. The Morgan fingerprint density at radius 2 is 2.25 bits per heavy atom. The Kier molecular flexibility index (Phi) is 5.06. The molecule has 1 aromatic carbocycles. The molecule has 1 saturated heterocycles. The molecule has 2 heterocycles. The van der Waals surface area contributed by atoms with Gasteiger partial charge in [0.25, 0.3) is 5.91 Å². The van der Waals surface area contributed by atoms with Gasteiger partial charge in [0.15, 0.2) is 0 Å². The molecule has 2 N–H and O–H groups in total. The number of halogens is 1. The second-order valence-corrected chi connectivity index (χ2v) is 6.52. The molecule has 0 radical (unpaired) electrons. The number of hydrogen-bond acceptors (Lipinski definition) is 4. The van der Waals surface area contributed by atoms with E-state index in [4.69, 9.17) is 16.3 Å². The maximum atomic E-state index is 12.4. The molecular formula is C17H20ClN3O3. The molecule has 7 heteroatoms. The maximum absolute atomic E-state index is 12.4. The van der Waals surface area contributed by atoms with Crippen molar-refractivity contribution in [2.45, 2.75) is 24.9 Å². The number of H-pyrrole nitrogens is 1. The second-order valence-electron chi connectivity index (χ2n) is 6.09. The van der Waals surface area contributed by atoms with Crippen LogP contribution in [0.15, 0.2) is 36.5 Å². The minimum Gasteiger partial charge on any atom is -0.491 e. The third kappa shape index (κ3) is 4.07. The lowest BCUT2D eigenvalue weighted by Crippen LogP contribution is -2.38. The van der Waals surface area contributed by atoms with E-state index in [1.807, 2.05) is 0 Å². The van der Waals surface area contributed by atoms with E-state index in [9.17, 15) is 9.90 Å². The molecule has 1 unspecified atom stereocenters. The fourth-order valence-electron chi connectivity index (χ4n) is 2.85. The molecule has 1 amide bonds. The van der Waals surface area contributed by atoms with Crippen molar-refractivity contribution in [3.05, 3.63) is 47.2 Å². The van der Waals surface area contributed by atoms with Gasteiger partial charge in [0, 0.05) is 24.3 Å². The van der Waals surface area contributed by atoms with Gasteiger partial charge in [-0.3, -0.25) is 9.89 Å². The van der Waals surface area contributed by atoms with Gasteiger partial charge in [0.05, 0.1) is 0 Å². The van der Waals surface area contributed by atoms with Crippen LogP contribution in [0.3, 0.4) is 0 Å².